The number of nitrogens with one attached hydrogen (secondary N) is 2. The highest BCUT2D eigenvalue weighted by Gasteiger charge is 2.21. The number of hydrogen-bond acceptors (Lipinski definition) is 3. The van der Waals surface area contributed by atoms with Crippen LogP contribution in [0.15, 0.2) is 24.3 Å². The first kappa shape index (κ1) is 22.7. The molecule has 0 saturated carbocycles. The molecule has 7 heteroatoms. The van der Waals surface area contributed by atoms with E-state index >= 15 is 0 Å². The molecule has 1 heterocycles. The van der Waals surface area contributed by atoms with Crippen molar-refractivity contribution in [2.75, 3.05) is 13.6 Å². The maximum atomic E-state index is 12.2. The summed E-state index contributed by atoms with van der Waals surface area (Å²) >= 11 is 0. The maximum absolute atomic E-state index is 12.2. The van der Waals surface area contributed by atoms with Crippen LogP contribution >= 0.6 is 24.8 Å². The van der Waals surface area contributed by atoms with Gasteiger partial charge in [0.1, 0.15) is 5.82 Å². The molecule has 0 saturated heterocycles. The molecule has 2 N–H and O–H groups in total. The Hall–Kier alpha value is -1.30. The fourth-order valence-electron chi connectivity index (χ4n) is 2.73. The molecule has 2 rings (SSSR count). The number of hydrogen-bond donors (Lipinski definition) is 2. The molecule has 24 heavy (non-hydrogen) atoms. The number of nitrogens with zero attached hydrogens (tertiary/aromatic N) is 2. The van der Waals surface area contributed by atoms with E-state index in [9.17, 15) is 4.79 Å². The predicted molar refractivity (Wildman–Crippen MR) is 104 cm³/mol. The van der Waals surface area contributed by atoms with E-state index in [2.05, 4.69) is 35.1 Å². The fraction of sp³-hybridized carbons (Fsp3) is 0.529. The van der Waals surface area contributed by atoms with Crippen LogP contribution in [0.2, 0.25) is 0 Å². The van der Waals surface area contributed by atoms with E-state index in [0.29, 0.717) is 6.54 Å². The fourth-order valence-corrected chi connectivity index (χ4v) is 2.73. The number of fused-ring (bicyclic) bond motifs is 1. The summed E-state index contributed by atoms with van der Waals surface area (Å²) in [6.07, 6.45) is 0. The molecule has 0 aliphatic rings. The molecule has 136 valence electrons. The van der Waals surface area contributed by atoms with Gasteiger partial charge in [0.2, 0.25) is 5.91 Å². The number of amides is 1. The summed E-state index contributed by atoms with van der Waals surface area (Å²) in [5, 5.41) is 6.11. The molecular formula is C17H28Cl2N4O. The largest absolute Gasteiger partial charge is 0.346 e. The van der Waals surface area contributed by atoms with Gasteiger partial charge in [-0.15, -0.1) is 24.8 Å². The molecule has 1 aromatic heterocycles. The van der Waals surface area contributed by atoms with Crippen molar-refractivity contribution in [2.24, 2.45) is 5.92 Å². The van der Waals surface area contributed by atoms with Crippen LogP contribution in [0, 0.1) is 5.92 Å². The van der Waals surface area contributed by atoms with Crippen molar-refractivity contribution in [2.45, 2.75) is 39.8 Å². The van der Waals surface area contributed by atoms with Gasteiger partial charge in [-0.2, -0.15) is 0 Å². The van der Waals surface area contributed by atoms with Crippen LogP contribution in [0.25, 0.3) is 11.0 Å². The van der Waals surface area contributed by atoms with Crippen molar-refractivity contribution in [1.82, 2.24) is 20.2 Å². The Morgan fingerprint density at radius 1 is 1.17 bits per heavy atom. The van der Waals surface area contributed by atoms with Crippen LogP contribution in [0.1, 0.15) is 45.6 Å². The minimum atomic E-state index is -0.124. The van der Waals surface area contributed by atoms with E-state index in [0.717, 1.165) is 16.9 Å². The van der Waals surface area contributed by atoms with Crippen molar-refractivity contribution in [3.05, 3.63) is 30.1 Å². The minimum absolute atomic E-state index is 0. The zero-order valence-corrected chi connectivity index (χ0v) is 16.5. The Morgan fingerprint density at radius 3 is 2.38 bits per heavy atom. The Balaban J connectivity index is 0.00000264. The Bertz CT molecular complexity index is 657. The van der Waals surface area contributed by atoms with Gasteiger partial charge in [-0.25, -0.2) is 4.98 Å². The average molecular weight is 375 g/mol. The summed E-state index contributed by atoms with van der Waals surface area (Å²) in [5.74, 6) is 0.884. The van der Waals surface area contributed by atoms with E-state index in [-0.39, 0.29) is 48.7 Å². The third-order valence-electron chi connectivity index (χ3n) is 3.84. The van der Waals surface area contributed by atoms with Crippen LogP contribution in [0.4, 0.5) is 0 Å². The van der Waals surface area contributed by atoms with Gasteiger partial charge in [-0.1, -0.05) is 19.1 Å². The molecule has 0 fully saturated rings. The molecule has 5 nitrogen and oxygen atoms in total. The van der Waals surface area contributed by atoms with Crippen molar-refractivity contribution in [3.63, 3.8) is 0 Å². The monoisotopic (exact) mass is 374 g/mol. The summed E-state index contributed by atoms with van der Waals surface area (Å²) in [4.78, 5) is 16.9. The topological polar surface area (TPSA) is 59.0 Å². The molecule has 0 aliphatic carbocycles. The summed E-state index contributed by atoms with van der Waals surface area (Å²) in [6, 6.07) is 8.25. The SMILES string of the molecule is CNCC(C)C(=O)NC(C)c1nc2ccccc2n1C(C)C.Cl.Cl. The van der Waals surface area contributed by atoms with Gasteiger partial charge in [-0.3, -0.25) is 4.79 Å². The summed E-state index contributed by atoms with van der Waals surface area (Å²) < 4.78 is 2.20. The molecule has 2 atom stereocenters. The lowest BCUT2D eigenvalue weighted by Gasteiger charge is -2.20. The number of para-hydroxylation sites is 2. The molecule has 0 spiro atoms. The number of aromatic nitrogens is 2. The summed E-state index contributed by atoms with van der Waals surface area (Å²) in [5.41, 5.74) is 2.08. The van der Waals surface area contributed by atoms with Crippen molar-refractivity contribution < 1.29 is 4.79 Å². The lowest BCUT2D eigenvalue weighted by Crippen LogP contribution is -2.36. The van der Waals surface area contributed by atoms with Crippen molar-refractivity contribution in [1.29, 1.82) is 0 Å². The first-order valence-electron chi connectivity index (χ1n) is 7.87. The first-order chi connectivity index (χ1) is 10.5. The number of rotatable bonds is 6. The zero-order chi connectivity index (χ0) is 16.3. The van der Waals surface area contributed by atoms with E-state index in [1.165, 1.54) is 0 Å². The quantitative estimate of drug-likeness (QED) is 0.813. The van der Waals surface area contributed by atoms with Gasteiger partial charge in [0.05, 0.1) is 17.1 Å². The lowest BCUT2D eigenvalue weighted by molar-refractivity contribution is -0.125. The summed E-state index contributed by atoms with van der Waals surface area (Å²) in [6.45, 7) is 8.85. The molecular weight excluding hydrogens is 347 g/mol. The summed E-state index contributed by atoms with van der Waals surface area (Å²) in [7, 11) is 1.85. The van der Waals surface area contributed by atoms with Crippen molar-refractivity contribution in [3.8, 4) is 0 Å². The molecule has 2 aromatic rings. The van der Waals surface area contributed by atoms with Crippen LogP contribution in [0.5, 0.6) is 0 Å². The number of imidazole rings is 1. The smallest absolute Gasteiger partial charge is 0.224 e. The number of benzene rings is 1. The van der Waals surface area contributed by atoms with Crippen LogP contribution in [-0.2, 0) is 4.79 Å². The highest BCUT2D eigenvalue weighted by Crippen LogP contribution is 2.24. The molecule has 0 bridgehead atoms. The van der Waals surface area contributed by atoms with E-state index in [4.69, 9.17) is 4.98 Å². The van der Waals surface area contributed by atoms with E-state index in [1.54, 1.807) is 0 Å². The number of halogens is 2. The molecule has 0 aliphatic heterocycles. The number of carbonyl (C=O) groups is 1. The highest BCUT2D eigenvalue weighted by atomic mass is 35.5. The second-order valence-corrected chi connectivity index (χ2v) is 6.11. The Morgan fingerprint density at radius 2 is 1.79 bits per heavy atom. The van der Waals surface area contributed by atoms with Gasteiger partial charge < -0.3 is 15.2 Å². The maximum Gasteiger partial charge on any atom is 0.224 e. The van der Waals surface area contributed by atoms with Gasteiger partial charge in [0.15, 0.2) is 0 Å². The van der Waals surface area contributed by atoms with Crippen LogP contribution in [0.3, 0.4) is 0 Å². The third kappa shape index (κ3) is 4.85. The van der Waals surface area contributed by atoms with Gasteiger partial charge in [0, 0.05) is 18.5 Å². The van der Waals surface area contributed by atoms with Gasteiger partial charge >= 0.3 is 0 Å². The van der Waals surface area contributed by atoms with Crippen LogP contribution < -0.4 is 10.6 Å². The van der Waals surface area contributed by atoms with E-state index < -0.39 is 0 Å². The Kier molecular flexibility index (Phi) is 9.33. The predicted octanol–water partition coefficient (Wildman–Crippen LogP) is 3.49. The van der Waals surface area contributed by atoms with Gasteiger partial charge in [-0.05, 0) is 40.0 Å². The molecule has 1 aromatic carbocycles. The van der Waals surface area contributed by atoms with Crippen LogP contribution in [-0.4, -0.2) is 29.1 Å². The first-order valence-corrected chi connectivity index (χ1v) is 7.87. The second-order valence-electron chi connectivity index (χ2n) is 6.11. The second kappa shape index (κ2) is 9.87. The molecule has 1 amide bonds. The minimum Gasteiger partial charge on any atom is -0.346 e. The highest BCUT2D eigenvalue weighted by molar-refractivity contribution is 5.85. The zero-order valence-electron chi connectivity index (χ0n) is 14.9. The lowest BCUT2D eigenvalue weighted by atomic mass is 10.1. The van der Waals surface area contributed by atoms with Gasteiger partial charge in [0.25, 0.3) is 0 Å². The standard InChI is InChI=1S/C17H26N4O.2ClH/c1-11(2)21-15-9-7-6-8-14(15)20-16(21)13(4)19-17(22)12(3)10-18-5;;/h6-9,11-13,18H,10H2,1-5H3,(H,19,22);2*1H. The number of carbonyl (C=O) groups excluding carboxylic acids is 1. The van der Waals surface area contributed by atoms with Crippen molar-refractivity contribution >= 4 is 41.8 Å². The Labute approximate surface area is 156 Å². The normalized spacial score (nSPS) is 13.1. The third-order valence-corrected chi connectivity index (χ3v) is 3.84. The molecule has 2 unspecified atom stereocenters. The molecule has 0 radical (unpaired) electrons. The average Bonchev–Trinajstić information content (AvgIpc) is 2.87. The van der Waals surface area contributed by atoms with E-state index in [1.807, 2.05) is 39.1 Å².